The van der Waals surface area contributed by atoms with E-state index < -0.39 is 15.6 Å². The van der Waals surface area contributed by atoms with Crippen LogP contribution in [0.2, 0.25) is 0 Å². The number of hydrogen-bond acceptors (Lipinski definition) is 4. The number of hydrogen-bond donors (Lipinski definition) is 1. The molecule has 0 aromatic heterocycles. The van der Waals surface area contributed by atoms with Crippen molar-refractivity contribution in [1.82, 2.24) is 9.21 Å². The molecule has 1 aliphatic rings. The van der Waals surface area contributed by atoms with Gasteiger partial charge in [0.2, 0.25) is 15.9 Å². The molecule has 0 atom stereocenters. The van der Waals surface area contributed by atoms with E-state index in [2.05, 4.69) is 0 Å². The van der Waals surface area contributed by atoms with Crippen LogP contribution in [0.1, 0.15) is 33.6 Å². The standard InChI is InChI=1S/C13H26N2O4S/c1-5-14(10-13(2,3)17)12(16)11-6-8-15(9-7-11)20(4,18)19/h11,17H,5-10H2,1-4H3. The van der Waals surface area contributed by atoms with Crippen LogP contribution in [0, 0.1) is 5.92 Å². The van der Waals surface area contributed by atoms with E-state index in [-0.39, 0.29) is 11.8 Å². The first-order chi connectivity index (χ1) is 9.04. The van der Waals surface area contributed by atoms with Gasteiger partial charge in [-0.05, 0) is 33.6 Å². The Balaban J connectivity index is 2.61. The van der Waals surface area contributed by atoms with Gasteiger partial charge in [0.05, 0.1) is 11.9 Å². The summed E-state index contributed by atoms with van der Waals surface area (Å²) >= 11 is 0. The van der Waals surface area contributed by atoms with Crippen molar-refractivity contribution in [3.63, 3.8) is 0 Å². The van der Waals surface area contributed by atoms with Gasteiger partial charge in [0.15, 0.2) is 0 Å². The van der Waals surface area contributed by atoms with Crippen molar-refractivity contribution < 1.29 is 18.3 Å². The van der Waals surface area contributed by atoms with E-state index in [1.807, 2.05) is 6.92 Å². The molecule has 0 aliphatic carbocycles. The van der Waals surface area contributed by atoms with Crippen LogP contribution < -0.4 is 0 Å². The van der Waals surface area contributed by atoms with Crippen molar-refractivity contribution >= 4 is 15.9 Å². The van der Waals surface area contributed by atoms with Crippen molar-refractivity contribution in [2.45, 2.75) is 39.2 Å². The summed E-state index contributed by atoms with van der Waals surface area (Å²) in [6.07, 6.45) is 2.30. The zero-order valence-electron chi connectivity index (χ0n) is 12.8. The molecule has 7 heteroatoms. The van der Waals surface area contributed by atoms with Crippen molar-refractivity contribution in [1.29, 1.82) is 0 Å². The molecule has 1 aliphatic heterocycles. The van der Waals surface area contributed by atoms with Crippen molar-refractivity contribution in [3.05, 3.63) is 0 Å². The van der Waals surface area contributed by atoms with Crippen LogP contribution in [0.4, 0.5) is 0 Å². The maximum absolute atomic E-state index is 12.4. The molecule has 20 heavy (non-hydrogen) atoms. The lowest BCUT2D eigenvalue weighted by Gasteiger charge is -2.34. The highest BCUT2D eigenvalue weighted by Crippen LogP contribution is 2.22. The summed E-state index contributed by atoms with van der Waals surface area (Å²) in [6, 6.07) is 0. The minimum atomic E-state index is -3.16. The Bertz CT molecular complexity index is 434. The molecule has 1 N–H and O–H groups in total. The van der Waals surface area contributed by atoms with Gasteiger partial charge in [0.25, 0.3) is 0 Å². The Morgan fingerprint density at radius 2 is 1.85 bits per heavy atom. The number of rotatable bonds is 5. The molecule has 0 unspecified atom stereocenters. The molecule has 0 saturated carbocycles. The molecule has 1 amide bonds. The van der Waals surface area contributed by atoms with Gasteiger partial charge in [-0.3, -0.25) is 4.79 Å². The van der Waals surface area contributed by atoms with E-state index >= 15 is 0 Å². The lowest BCUT2D eigenvalue weighted by Crippen LogP contribution is -2.47. The van der Waals surface area contributed by atoms with Crippen LogP contribution in [0.15, 0.2) is 0 Å². The smallest absolute Gasteiger partial charge is 0.225 e. The second-order valence-electron chi connectivity index (χ2n) is 6.10. The highest BCUT2D eigenvalue weighted by molar-refractivity contribution is 7.88. The van der Waals surface area contributed by atoms with Crippen LogP contribution >= 0.6 is 0 Å². The molecule has 118 valence electrons. The molecule has 1 fully saturated rings. The Kier molecular flexibility index (Phi) is 5.57. The van der Waals surface area contributed by atoms with Gasteiger partial charge in [-0.1, -0.05) is 0 Å². The van der Waals surface area contributed by atoms with Gasteiger partial charge in [0, 0.05) is 32.1 Å². The fourth-order valence-corrected chi connectivity index (χ4v) is 3.38. The third-order valence-electron chi connectivity index (χ3n) is 3.54. The molecule has 6 nitrogen and oxygen atoms in total. The predicted octanol–water partition coefficient (Wildman–Crippen LogP) is 0.277. The van der Waals surface area contributed by atoms with E-state index in [4.69, 9.17) is 0 Å². The molecule has 0 spiro atoms. The zero-order valence-corrected chi connectivity index (χ0v) is 13.6. The fraction of sp³-hybridized carbons (Fsp3) is 0.923. The second kappa shape index (κ2) is 6.41. The monoisotopic (exact) mass is 306 g/mol. The minimum absolute atomic E-state index is 0.0165. The predicted molar refractivity (Wildman–Crippen MR) is 77.7 cm³/mol. The zero-order chi connectivity index (χ0) is 15.6. The Hall–Kier alpha value is -0.660. The molecule has 1 heterocycles. The largest absolute Gasteiger partial charge is 0.389 e. The van der Waals surface area contributed by atoms with E-state index in [0.29, 0.717) is 39.0 Å². The SMILES string of the molecule is CCN(CC(C)(C)O)C(=O)C1CCN(S(C)(=O)=O)CC1. The van der Waals surface area contributed by atoms with Gasteiger partial charge in [-0.15, -0.1) is 0 Å². The third kappa shape index (κ3) is 5.03. The van der Waals surface area contributed by atoms with Crippen LogP contribution in [0.25, 0.3) is 0 Å². The second-order valence-corrected chi connectivity index (χ2v) is 8.08. The van der Waals surface area contributed by atoms with Crippen LogP contribution in [-0.4, -0.2) is 66.7 Å². The minimum Gasteiger partial charge on any atom is -0.389 e. The van der Waals surface area contributed by atoms with Crippen LogP contribution in [-0.2, 0) is 14.8 Å². The average Bonchev–Trinajstić information content (AvgIpc) is 2.33. The number of piperidine rings is 1. The number of carbonyl (C=O) groups excluding carboxylic acids is 1. The first kappa shape index (κ1) is 17.4. The Morgan fingerprint density at radius 3 is 2.20 bits per heavy atom. The highest BCUT2D eigenvalue weighted by Gasteiger charge is 2.32. The highest BCUT2D eigenvalue weighted by atomic mass is 32.2. The third-order valence-corrected chi connectivity index (χ3v) is 4.85. The number of amides is 1. The number of carbonyl (C=O) groups is 1. The first-order valence-corrected chi connectivity index (χ1v) is 8.85. The summed E-state index contributed by atoms with van der Waals surface area (Å²) in [5.41, 5.74) is -0.918. The van der Waals surface area contributed by atoms with Gasteiger partial charge in [0.1, 0.15) is 0 Å². The van der Waals surface area contributed by atoms with Crippen LogP contribution in [0.5, 0.6) is 0 Å². The van der Waals surface area contributed by atoms with Crippen molar-refractivity contribution in [3.8, 4) is 0 Å². The molecular weight excluding hydrogens is 280 g/mol. The van der Waals surface area contributed by atoms with E-state index in [9.17, 15) is 18.3 Å². The maximum Gasteiger partial charge on any atom is 0.225 e. The summed E-state index contributed by atoms with van der Waals surface area (Å²) in [5.74, 6) is -0.127. The van der Waals surface area contributed by atoms with E-state index in [1.165, 1.54) is 10.6 Å². The quantitative estimate of drug-likeness (QED) is 0.791. The molecule has 1 saturated heterocycles. The lowest BCUT2D eigenvalue weighted by atomic mass is 9.96. The number of nitrogens with zero attached hydrogens (tertiary/aromatic N) is 2. The van der Waals surface area contributed by atoms with Crippen LogP contribution in [0.3, 0.4) is 0 Å². The number of aliphatic hydroxyl groups is 1. The number of sulfonamides is 1. The Morgan fingerprint density at radius 1 is 1.35 bits per heavy atom. The first-order valence-electron chi connectivity index (χ1n) is 7.01. The molecule has 1 rings (SSSR count). The lowest BCUT2D eigenvalue weighted by molar-refractivity contribution is -0.139. The average molecular weight is 306 g/mol. The Labute approximate surface area is 121 Å². The molecular formula is C13H26N2O4S. The number of likely N-dealkylation sites (N-methyl/N-ethyl adjacent to an activating group) is 1. The van der Waals surface area contributed by atoms with Gasteiger partial charge in [-0.25, -0.2) is 12.7 Å². The molecule has 0 aromatic rings. The summed E-state index contributed by atoms with van der Waals surface area (Å²) in [5, 5.41) is 9.83. The summed E-state index contributed by atoms with van der Waals surface area (Å²) in [7, 11) is -3.16. The topological polar surface area (TPSA) is 77.9 Å². The van der Waals surface area contributed by atoms with Crippen molar-refractivity contribution in [2.75, 3.05) is 32.4 Å². The maximum atomic E-state index is 12.4. The fourth-order valence-electron chi connectivity index (χ4n) is 2.51. The van der Waals surface area contributed by atoms with E-state index in [0.717, 1.165) is 0 Å². The van der Waals surface area contributed by atoms with Gasteiger partial charge < -0.3 is 10.0 Å². The summed E-state index contributed by atoms with van der Waals surface area (Å²) in [6.45, 7) is 6.88. The van der Waals surface area contributed by atoms with Gasteiger partial charge >= 0.3 is 0 Å². The molecule has 0 radical (unpaired) electrons. The molecule has 0 bridgehead atoms. The summed E-state index contributed by atoms with van der Waals surface area (Å²) in [4.78, 5) is 14.1. The summed E-state index contributed by atoms with van der Waals surface area (Å²) < 4.78 is 24.3. The molecule has 0 aromatic carbocycles. The normalized spacial score (nSPS) is 19.1. The van der Waals surface area contributed by atoms with Gasteiger partial charge in [-0.2, -0.15) is 0 Å². The van der Waals surface area contributed by atoms with Crippen molar-refractivity contribution in [2.24, 2.45) is 5.92 Å². The van der Waals surface area contributed by atoms with E-state index in [1.54, 1.807) is 18.7 Å².